The molecule has 0 saturated heterocycles. The summed E-state index contributed by atoms with van der Waals surface area (Å²) in [5.74, 6) is 0. The fourth-order valence-electron chi connectivity index (χ4n) is 6.69. The van der Waals surface area contributed by atoms with Gasteiger partial charge in [0.25, 0.3) is 0 Å². The number of nitrogens with zero attached hydrogens (tertiary/aromatic N) is 2. The first-order chi connectivity index (χ1) is 22.3. The van der Waals surface area contributed by atoms with Crippen LogP contribution in [-0.4, -0.2) is 4.57 Å². The number of hydrogen-bond donors (Lipinski definition) is 0. The second-order valence-corrected chi connectivity index (χ2v) is 12.5. The van der Waals surface area contributed by atoms with Crippen LogP contribution in [0.15, 0.2) is 170 Å². The maximum absolute atomic E-state index is 2.37. The number of aromatic nitrogens is 1. The van der Waals surface area contributed by atoms with Gasteiger partial charge in [-0.05, 0) is 77.9 Å². The first-order valence-corrected chi connectivity index (χ1v) is 16.1. The lowest BCUT2D eigenvalue weighted by Crippen LogP contribution is -2.10. The van der Waals surface area contributed by atoms with Crippen molar-refractivity contribution in [2.24, 2.45) is 0 Å². The van der Waals surface area contributed by atoms with Gasteiger partial charge in [0.1, 0.15) is 0 Å². The minimum atomic E-state index is 1.12. The first kappa shape index (κ1) is 25.8. The van der Waals surface area contributed by atoms with E-state index in [-0.39, 0.29) is 0 Å². The van der Waals surface area contributed by atoms with Crippen molar-refractivity contribution in [3.05, 3.63) is 170 Å². The van der Waals surface area contributed by atoms with Crippen molar-refractivity contribution >= 4 is 70.4 Å². The molecule has 3 heteroatoms. The highest BCUT2D eigenvalue weighted by atomic mass is 32.1. The molecule has 0 radical (unpaired) electrons. The van der Waals surface area contributed by atoms with E-state index in [2.05, 4.69) is 179 Å². The van der Waals surface area contributed by atoms with Crippen LogP contribution in [0.1, 0.15) is 0 Å². The highest BCUT2D eigenvalue weighted by Crippen LogP contribution is 2.41. The Morgan fingerprint density at radius 2 is 0.889 bits per heavy atom. The molecule has 45 heavy (non-hydrogen) atoms. The standard InChI is InChI=1S/C42H28N2S/c1-2-10-29(11-3-1)30-18-20-31(21-19-30)43(34-26-27-38-37-14-6-9-17-41(37)45-42(38)28-34)32-22-24-33(25-23-32)44-39-15-7-4-12-35(39)36-13-5-8-16-40(36)44/h1-28H. The van der Waals surface area contributed by atoms with E-state index in [1.807, 2.05) is 11.3 Å². The van der Waals surface area contributed by atoms with E-state index < -0.39 is 0 Å². The molecule has 0 bridgehead atoms. The summed E-state index contributed by atoms with van der Waals surface area (Å²) in [5.41, 5.74) is 9.40. The third-order valence-electron chi connectivity index (χ3n) is 8.80. The molecule has 212 valence electrons. The Bertz CT molecular complexity index is 2420. The van der Waals surface area contributed by atoms with Gasteiger partial charge in [0.2, 0.25) is 0 Å². The Morgan fingerprint density at radius 3 is 1.58 bits per heavy atom. The summed E-state index contributed by atoms with van der Waals surface area (Å²) >= 11 is 1.86. The van der Waals surface area contributed by atoms with Gasteiger partial charge in [-0.25, -0.2) is 0 Å². The zero-order valence-electron chi connectivity index (χ0n) is 24.5. The fourth-order valence-corrected chi connectivity index (χ4v) is 7.83. The Balaban J connectivity index is 1.18. The second-order valence-electron chi connectivity index (χ2n) is 11.4. The molecule has 2 heterocycles. The molecule has 0 atom stereocenters. The zero-order valence-corrected chi connectivity index (χ0v) is 25.3. The van der Waals surface area contributed by atoms with Crippen molar-refractivity contribution in [3.8, 4) is 16.8 Å². The van der Waals surface area contributed by atoms with Crippen LogP contribution >= 0.6 is 11.3 Å². The van der Waals surface area contributed by atoms with E-state index in [1.54, 1.807) is 0 Å². The normalized spacial score (nSPS) is 11.6. The quantitative estimate of drug-likeness (QED) is 0.193. The molecule has 0 aliphatic carbocycles. The average Bonchev–Trinajstić information content (AvgIpc) is 3.65. The highest BCUT2D eigenvalue weighted by molar-refractivity contribution is 7.25. The Morgan fingerprint density at radius 1 is 0.378 bits per heavy atom. The summed E-state index contributed by atoms with van der Waals surface area (Å²) in [7, 11) is 0. The van der Waals surface area contributed by atoms with Crippen molar-refractivity contribution in [2.45, 2.75) is 0 Å². The number of hydrogen-bond acceptors (Lipinski definition) is 2. The lowest BCUT2D eigenvalue weighted by Gasteiger charge is -2.26. The zero-order chi connectivity index (χ0) is 29.7. The minimum Gasteiger partial charge on any atom is -0.310 e. The van der Waals surface area contributed by atoms with Gasteiger partial charge in [0.15, 0.2) is 0 Å². The molecule has 2 nitrogen and oxygen atoms in total. The van der Waals surface area contributed by atoms with Crippen molar-refractivity contribution in [3.63, 3.8) is 0 Å². The summed E-state index contributed by atoms with van der Waals surface area (Å²) < 4.78 is 4.98. The molecule has 0 aliphatic heterocycles. The van der Waals surface area contributed by atoms with Gasteiger partial charge in [-0.2, -0.15) is 0 Å². The maximum Gasteiger partial charge on any atom is 0.0541 e. The fraction of sp³-hybridized carbons (Fsp3) is 0. The Hall–Kier alpha value is -5.64. The number of rotatable bonds is 5. The van der Waals surface area contributed by atoms with Crippen molar-refractivity contribution in [2.75, 3.05) is 4.90 Å². The van der Waals surface area contributed by atoms with Crippen LogP contribution in [0.2, 0.25) is 0 Å². The average molecular weight is 593 g/mol. The molecular weight excluding hydrogens is 565 g/mol. The molecule has 2 aromatic heterocycles. The molecule has 9 rings (SSSR count). The molecule has 0 spiro atoms. The summed E-state index contributed by atoms with van der Waals surface area (Å²) in [5, 5.41) is 5.17. The van der Waals surface area contributed by atoms with Crippen molar-refractivity contribution < 1.29 is 0 Å². The Kier molecular flexibility index (Phi) is 6.03. The van der Waals surface area contributed by atoms with Crippen LogP contribution < -0.4 is 4.90 Å². The monoisotopic (exact) mass is 592 g/mol. The summed E-state index contributed by atoms with van der Waals surface area (Å²) in [6.45, 7) is 0. The van der Waals surface area contributed by atoms with Gasteiger partial charge >= 0.3 is 0 Å². The molecule has 0 fully saturated rings. The lowest BCUT2D eigenvalue weighted by molar-refractivity contribution is 1.17. The predicted octanol–water partition coefficient (Wildman–Crippen LogP) is 12.3. The van der Waals surface area contributed by atoms with E-state index in [0.717, 1.165) is 22.7 Å². The SMILES string of the molecule is c1ccc(-c2ccc(N(c3ccc(-n4c5ccccc5c5ccccc54)cc3)c3ccc4c(c3)sc3ccccc34)cc2)cc1. The number of fused-ring (bicyclic) bond motifs is 6. The molecule has 0 N–H and O–H groups in total. The van der Waals surface area contributed by atoms with Crippen LogP contribution in [0.3, 0.4) is 0 Å². The topological polar surface area (TPSA) is 8.17 Å². The van der Waals surface area contributed by atoms with Gasteiger partial charge in [-0.15, -0.1) is 11.3 Å². The highest BCUT2D eigenvalue weighted by Gasteiger charge is 2.17. The molecule has 9 aromatic rings. The molecule has 0 aliphatic rings. The van der Waals surface area contributed by atoms with Crippen LogP contribution in [0.25, 0.3) is 58.8 Å². The van der Waals surface area contributed by atoms with Gasteiger partial charge < -0.3 is 9.47 Å². The molecule has 7 aromatic carbocycles. The van der Waals surface area contributed by atoms with Gasteiger partial charge in [-0.3, -0.25) is 0 Å². The smallest absolute Gasteiger partial charge is 0.0541 e. The number of para-hydroxylation sites is 2. The Labute approximate surface area is 265 Å². The van der Waals surface area contributed by atoms with Gasteiger partial charge in [0, 0.05) is 53.7 Å². The van der Waals surface area contributed by atoms with E-state index in [1.165, 1.54) is 53.1 Å². The number of benzene rings is 7. The van der Waals surface area contributed by atoms with Crippen LogP contribution in [0.5, 0.6) is 0 Å². The van der Waals surface area contributed by atoms with E-state index in [9.17, 15) is 0 Å². The lowest BCUT2D eigenvalue weighted by atomic mass is 10.0. The first-order valence-electron chi connectivity index (χ1n) is 15.3. The summed E-state index contributed by atoms with van der Waals surface area (Å²) in [6.07, 6.45) is 0. The molecular formula is C42H28N2S. The molecule has 0 amide bonds. The van der Waals surface area contributed by atoms with Gasteiger partial charge in [-0.1, -0.05) is 103 Å². The van der Waals surface area contributed by atoms with Gasteiger partial charge in [0.05, 0.1) is 11.0 Å². The van der Waals surface area contributed by atoms with E-state index in [4.69, 9.17) is 0 Å². The number of anilines is 3. The largest absolute Gasteiger partial charge is 0.310 e. The van der Waals surface area contributed by atoms with Crippen LogP contribution in [0, 0.1) is 0 Å². The van der Waals surface area contributed by atoms with Crippen molar-refractivity contribution in [1.29, 1.82) is 0 Å². The van der Waals surface area contributed by atoms with Crippen LogP contribution in [-0.2, 0) is 0 Å². The van der Waals surface area contributed by atoms with E-state index >= 15 is 0 Å². The molecule has 0 saturated carbocycles. The maximum atomic E-state index is 2.37. The van der Waals surface area contributed by atoms with Crippen molar-refractivity contribution in [1.82, 2.24) is 4.57 Å². The van der Waals surface area contributed by atoms with Crippen LogP contribution in [0.4, 0.5) is 17.1 Å². The number of thiophene rings is 1. The second kappa shape index (κ2) is 10.5. The third kappa shape index (κ3) is 4.32. The molecule has 0 unspecified atom stereocenters. The summed E-state index contributed by atoms with van der Waals surface area (Å²) in [6, 6.07) is 61.4. The minimum absolute atomic E-state index is 1.12. The summed E-state index contributed by atoms with van der Waals surface area (Å²) in [4.78, 5) is 2.37. The van der Waals surface area contributed by atoms with E-state index in [0.29, 0.717) is 0 Å². The predicted molar refractivity (Wildman–Crippen MR) is 194 cm³/mol. The third-order valence-corrected chi connectivity index (χ3v) is 9.93.